The Balaban J connectivity index is 0.00000280. The zero-order valence-electron chi connectivity index (χ0n) is 16.7. The van der Waals surface area contributed by atoms with Crippen LogP contribution in [-0.4, -0.2) is 90.5 Å². The van der Waals surface area contributed by atoms with Gasteiger partial charge in [-0.05, 0) is 6.92 Å². The number of aromatic nitrogens is 2. The number of amides is 1. The number of rotatable bonds is 5. The Labute approximate surface area is 183 Å². The zero-order valence-corrected chi connectivity index (χ0v) is 19.0. The first-order valence-corrected chi connectivity index (χ1v) is 9.66. The van der Waals surface area contributed by atoms with E-state index >= 15 is 0 Å². The summed E-state index contributed by atoms with van der Waals surface area (Å²) >= 11 is 0. The van der Waals surface area contributed by atoms with Gasteiger partial charge < -0.3 is 24.6 Å². The van der Waals surface area contributed by atoms with Crippen molar-refractivity contribution in [2.75, 3.05) is 59.1 Å². The molecule has 0 spiro atoms. The Morgan fingerprint density at radius 1 is 1.29 bits per heavy atom. The summed E-state index contributed by atoms with van der Waals surface area (Å²) in [5, 5.41) is 7.57. The zero-order chi connectivity index (χ0) is 19.1. The molecule has 1 atom stereocenters. The quantitative estimate of drug-likeness (QED) is 0.359. The fraction of sp³-hybridized carbons (Fsp3) is 0.722. The molecule has 3 heterocycles. The highest BCUT2D eigenvalue weighted by molar-refractivity contribution is 14.0. The van der Waals surface area contributed by atoms with Crippen LogP contribution in [0.15, 0.2) is 17.4 Å². The molecular formula is C18H31IN6O3. The molecule has 1 unspecified atom stereocenters. The minimum absolute atomic E-state index is 0. The third-order valence-corrected chi connectivity index (χ3v) is 4.75. The molecule has 1 N–H and O–H groups in total. The van der Waals surface area contributed by atoms with Crippen molar-refractivity contribution in [3.63, 3.8) is 0 Å². The second kappa shape index (κ2) is 11.6. The second-order valence-electron chi connectivity index (χ2n) is 6.73. The van der Waals surface area contributed by atoms with Crippen LogP contribution < -0.4 is 5.32 Å². The molecule has 0 radical (unpaired) electrons. The Bertz CT molecular complexity index is 647. The monoisotopic (exact) mass is 506 g/mol. The van der Waals surface area contributed by atoms with E-state index in [1.165, 1.54) is 0 Å². The van der Waals surface area contributed by atoms with Crippen molar-refractivity contribution in [3.05, 3.63) is 18.0 Å². The molecule has 2 aliphatic heterocycles. The molecule has 1 aromatic heterocycles. The van der Waals surface area contributed by atoms with Gasteiger partial charge in [-0.25, -0.2) is 0 Å². The minimum Gasteiger partial charge on any atom is -0.378 e. The first-order valence-electron chi connectivity index (χ1n) is 9.66. The largest absolute Gasteiger partial charge is 0.378 e. The third kappa shape index (κ3) is 6.31. The van der Waals surface area contributed by atoms with Gasteiger partial charge in [-0.1, -0.05) is 0 Å². The molecule has 0 aromatic carbocycles. The molecule has 2 fully saturated rings. The van der Waals surface area contributed by atoms with Gasteiger partial charge in [-0.15, -0.1) is 24.0 Å². The molecule has 9 nitrogen and oxygen atoms in total. The molecule has 1 amide bonds. The molecule has 3 rings (SSSR count). The fourth-order valence-electron chi connectivity index (χ4n) is 3.30. The summed E-state index contributed by atoms with van der Waals surface area (Å²) in [5.74, 6) is 0.984. The van der Waals surface area contributed by atoms with Gasteiger partial charge >= 0.3 is 0 Å². The molecule has 1 aromatic rings. The number of hydrogen-bond donors (Lipinski definition) is 1. The maximum absolute atomic E-state index is 12.3. The lowest BCUT2D eigenvalue weighted by atomic mass is 10.1. The summed E-state index contributed by atoms with van der Waals surface area (Å²) in [4.78, 5) is 21.0. The van der Waals surface area contributed by atoms with Crippen LogP contribution in [0.5, 0.6) is 0 Å². The number of ether oxygens (including phenoxy) is 2. The SMILES string of the molecule is CCNC(=NCCC(=O)N1CCOCC1)N1CCOC(c2cnn(C)c2)C1.I. The first kappa shape index (κ1) is 22.9. The van der Waals surface area contributed by atoms with Gasteiger partial charge in [-0.2, -0.15) is 5.10 Å². The minimum atomic E-state index is -0.0220. The highest BCUT2D eigenvalue weighted by atomic mass is 127. The molecule has 28 heavy (non-hydrogen) atoms. The number of halogens is 1. The summed E-state index contributed by atoms with van der Waals surface area (Å²) in [7, 11) is 1.90. The standard InChI is InChI=1S/C18H30N6O3.HI/c1-3-19-18(20-5-4-17(25)23-6-9-26-10-7-23)24-8-11-27-16(14-24)15-12-21-22(2)13-15;/h12-13,16H,3-11,14H2,1-2H3,(H,19,20);1H. The number of morpholine rings is 2. The van der Waals surface area contributed by atoms with Crippen LogP contribution in [0.4, 0.5) is 0 Å². The van der Waals surface area contributed by atoms with E-state index in [1.807, 2.05) is 31.3 Å². The van der Waals surface area contributed by atoms with E-state index in [2.05, 4.69) is 20.3 Å². The predicted molar refractivity (Wildman–Crippen MR) is 117 cm³/mol. The average Bonchev–Trinajstić information content (AvgIpc) is 3.14. The van der Waals surface area contributed by atoms with Crippen LogP contribution in [0.25, 0.3) is 0 Å². The van der Waals surface area contributed by atoms with Crippen LogP contribution in [-0.2, 0) is 21.3 Å². The van der Waals surface area contributed by atoms with Crippen LogP contribution >= 0.6 is 24.0 Å². The molecule has 0 saturated carbocycles. The summed E-state index contributed by atoms with van der Waals surface area (Å²) in [5.41, 5.74) is 1.07. The number of carbonyl (C=O) groups is 1. The van der Waals surface area contributed by atoms with Crippen molar-refractivity contribution < 1.29 is 14.3 Å². The fourth-order valence-corrected chi connectivity index (χ4v) is 3.30. The van der Waals surface area contributed by atoms with Crippen molar-refractivity contribution in [2.24, 2.45) is 12.0 Å². The number of guanidine groups is 1. The van der Waals surface area contributed by atoms with E-state index in [-0.39, 0.29) is 36.0 Å². The van der Waals surface area contributed by atoms with Gasteiger partial charge in [0.1, 0.15) is 6.10 Å². The van der Waals surface area contributed by atoms with Crippen LogP contribution in [0.2, 0.25) is 0 Å². The molecular weight excluding hydrogens is 475 g/mol. The van der Waals surface area contributed by atoms with Crippen molar-refractivity contribution in [2.45, 2.75) is 19.4 Å². The molecule has 0 bridgehead atoms. The molecule has 158 valence electrons. The third-order valence-electron chi connectivity index (χ3n) is 4.75. The lowest BCUT2D eigenvalue weighted by molar-refractivity contribution is -0.135. The van der Waals surface area contributed by atoms with E-state index in [0.29, 0.717) is 45.9 Å². The summed E-state index contributed by atoms with van der Waals surface area (Å²) in [6.07, 6.45) is 4.23. The smallest absolute Gasteiger partial charge is 0.224 e. The van der Waals surface area contributed by atoms with Crippen LogP contribution in [0.3, 0.4) is 0 Å². The van der Waals surface area contributed by atoms with E-state index in [9.17, 15) is 4.79 Å². The van der Waals surface area contributed by atoms with Gasteiger partial charge in [0.2, 0.25) is 5.91 Å². The number of nitrogens with one attached hydrogen (secondary N) is 1. The highest BCUT2D eigenvalue weighted by Gasteiger charge is 2.25. The predicted octanol–water partition coefficient (Wildman–Crippen LogP) is 0.626. The summed E-state index contributed by atoms with van der Waals surface area (Å²) < 4.78 is 13.0. The van der Waals surface area contributed by atoms with E-state index in [4.69, 9.17) is 9.47 Å². The van der Waals surface area contributed by atoms with Crippen molar-refractivity contribution in [1.29, 1.82) is 0 Å². The normalized spacial score (nSPS) is 20.6. The number of nitrogens with zero attached hydrogens (tertiary/aromatic N) is 5. The second-order valence-corrected chi connectivity index (χ2v) is 6.73. The van der Waals surface area contributed by atoms with E-state index in [1.54, 1.807) is 4.68 Å². The number of carbonyl (C=O) groups excluding carboxylic acids is 1. The average molecular weight is 506 g/mol. The van der Waals surface area contributed by atoms with Crippen molar-refractivity contribution in [1.82, 2.24) is 24.9 Å². The van der Waals surface area contributed by atoms with Gasteiger partial charge in [0.15, 0.2) is 5.96 Å². The van der Waals surface area contributed by atoms with Gasteiger partial charge in [0.25, 0.3) is 0 Å². The maximum Gasteiger partial charge on any atom is 0.224 e. The lowest BCUT2D eigenvalue weighted by Crippen LogP contribution is -2.48. The summed E-state index contributed by atoms with van der Waals surface area (Å²) in [6, 6.07) is 0. The number of aryl methyl sites for hydroxylation is 1. The molecule has 2 aliphatic rings. The maximum atomic E-state index is 12.3. The highest BCUT2D eigenvalue weighted by Crippen LogP contribution is 2.21. The van der Waals surface area contributed by atoms with Crippen molar-refractivity contribution in [3.8, 4) is 0 Å². The molecule has 0 aliphatic carbocycles. The Morgan fingerprint density at radius 2 is 2.04 bits per heavy atom. The number of aliphatic imine (C=N–C) groups is 1. The summed E-state index contributed by atoms with van der Waals surface area (Å²) in [6.45, 7) is 8.05. The molecule has 2 saturated heterocycles. The van der Waals surface area contributed by atoms with Gasteiger partial charge in [-0.3, -0.25) is 14.5 Å². The first-order chi connectivity index (χ1) is 13.2. The van der Waals surface area contributed by atoms with E-state index in [0.717, 1.165) is 31.2 Å². The van der Waals surface area contributed by atoms with Gasteiger partial charge in [0, 0.05) is 51.4 Å². The van der Waals surface area contributed by atoms with Gasteiger partial charge in [0.05, 0.1) is 39.1 Å². The van der Waals surface area contributed by atoms with Crippen molar-refractivity contribution >= 4 is 35.8 Å². The molecule has 10 heteroatoms. The topological polar surface area (TPSA) is 84.2 Å². The number of hydrogen-bond acceptors (Lipinski definition) is 5. The van der Waals surface area contributed by atoms with Crippen LogP contribution in [0.1, 0.15) is 25.0 Å². The Kier molecular flexibility index (Phi) is 9.45. The Hall–Kier alpha value is -1.40. The van der Waals surface area contributed by atoms with Crippen LogP contribution in [0, 0.1) is 0 Å². The van der Waals surface area contributed by atoms with E-state index < -0.39 is 0 Å². The Morgan fingerprint density at radius 3 is 2.71 bits per heavy atom. The lowest BCUT2D eigenvalue weighted by Gasteiger charge is -2.34.